The second-order valence-corrected chi connectivity index (χ2v) is 16.1. The minimum Gasteiger partial charge on any atom is -0.438 e. The van der Waals surface area contributed by atoms with Crippen LogP contribution in [0.5, 0.6) is 0 Å². The summed E-state index contributed by atoms with van der Waals surface area (Å²) in [6.45, 7) is 1.57. The van der Waals surface area contributed by atoms with Crippen LogP contribution in [0.15, 0.2) is 62.0 Å². The number of amides is 2. The van der Waals surface area contributed by atoms with Crippen molar-refractivity contribution in [2.45, 2.75) is 76.2 Å². The summed E-state index contributed by atoms with van der Waals surface area (Å²) in [6.07, 6.45) is 3.53. The second kappa shape index (κ2) is 15.3. The van der Waals surface area contributed by atoms with Gasteiger partial charge in [0.15, 0.2) is 5.01 Å². The van der Waals surface area contributed by atoms with Gasteiger partial charge in [0.05, 0.1) is 11.3 Å². The molecule has 2 aliphatic rings. The Kier molecular flexibility index (Phi) is 10.1. The fourth-order valence-corrected chi connectivity index (χ4v) is 8.56. The molecular formula is C36H36FN8O7S2+. The first kappa shape index (κ1) is 35.8. The maximum Gasteiger partial charge on any atom is 0.290 e. The van der Waals surface area contributed by atoms with E-state index < -0.39 is 12.2 Å². The third kappa shape index (κ3) is 8.15. The van der Waals surface area contributed by atoms with Gasteiger partial charge in [-0.2, -0.15) is 0 Å². The minimum absolute atomic E-state index is 0.00782. The monoisotopic (exact) mass is 775 g/mol. The maximum atomic E-state index is 13.2. The smallest absolute Gasteiger partial charge is 0.290 e. The summed E-state index contributed by atoms with van der Waals surface area (Å²) in [5.74, 6) is 0.547. The number of carbonyl (C=O) groups is 2. The predicted molar refractivity (Wildman–Crippen MR) is 192 cm³/mol. The van der Waals surface area contributed by atoms with Gasteiger partial charge in [-0.15, -0.1) is 31.7 Å². The first-order chi connectivity index (χ1) is 26.1. The van der Waals surface area contributed by atoms with E-state index >= 15 is 0 Å². The number of aliphatic hydroxyl groups is 1. The number of benzene rings is 1. The number of thiophene rings is 1. The Morgan fingerprint density at radius 3 is 2.19 bits per heavy atom. The van der Waals surface area contributed by atoms with Gasteiger partial charge >= 0.3 is 0 Å². The average Bonchev–Trinajstić information content (AvgIpc) is 3.96. The molecule has 2 amide bonds. The minimum atomic E-state index is -0.804. The van der Waals surface area contributed by atoms with Gasteiger partial charge in [-0.3, -0.25) is 9.59 Å². The molecule has 0 unspecified atom stereocenters. The Labute approximate surface area is 315 Å². The Balaban J connectivity index is 0.759. The fraction of sp³-hybridized carbons (Fsp3) is 0.389. The first-order valence-electron chi connectivity index (χ1n) is 17.6. The lowest BCUT2D eigenvalue weighted by molar-refractivity contribution is 0.0842. The van der Waals surface area contributed by atoms with Crippen LogP contribution in [0.2, 0.25) is 0 Å². The number of hydrogen-bond acceptors (Lipinski definition) is 14. The van der Waals surface area contributed by atoms with Crippen molar-refractivity contribution in [3.63, 3.8) is 0 Å². The highest BCUT2D eigenvalue weighted by atomic mass is 32.1. The summed E-state index contributed by atoms with van der Waals surface area (Å²) in [5, 5.41) is 50.3. The van der Waals surface area contributed by atoms with E-state index in [0.717, 1.165) is 46.9 Å². The van der Waals surface area contributed by atoms with Crippen molar-refractivity contribution in [2.75, 3.05) is 0 Å². The van der Waals surface area contributed by atoms with E-state index in [1.165, 1.54) is 34.8 Å². The van der Waals surface area contributed by atoms with Gasteiger partial charge in [0.25, 0.3) is 11.8 Å². The van der Waals surface area contributed by atoms with Gasteiger partial charge in [0, 0.05) is 47.5 Å². The molecule has 2 fully saturated rings. The molecule has 0 aliphatic heterocycles. The van der Waals surface area contributed by atoms with Crippen LogP contribution in [0.3, 0.4) is 0 Å². The average molecular weight is 776 g/mol. The normalized spacial score (nSPS) is 20.5. The molecule has 0 spiro atoms. The van der Waals surface area contributed by atoms with Crippen LogP contribution in [0.25, 0.3) is 21.8 Å². The van der Waals surface area contributed by atoms with Crippen LogP contribution in [0.1, 0.15) is 92.6 Å². The third-order valence-electron chi connectivity index (χ3n) is 9.62. The molecule has 15 nitrogen and oxygen atoms in total. The molecule has 8 rings (SSSR count). The molecule has 2 atom stereocenters. The number of aromatic nitrogens is 6. The van der Waals surface area contributed by atoms with Crippen LogP contribution in [-0.4, -0.2) is 64.8 Å². The Bertz CT molecular complexity index is 2230. The Hall–Kier alpha value is -5.17. The van der Waals surface area contributed by atoms with Gasteiger partial charge in [-0.1, -0.05) is 21.7 Å². The van der Waals surface area contributed by atoms with Crippen LogP contribution in [-0.2, 0) is 19.3 Å². The lowest BCUT2D eigenvalue weighted by Gasteiger charge is -2.35. The van der Waals surface area contributed by atoms with E-state index in [4.69, 9.17) is 18.6 Å². The molecule has 2 saturated carbocycles. The van der Waals surface area contributed by atoms with E-state index in [2.05, 4.69) is 41.3 Å². The van der Waals surface area contributed by atoms with E-state index in [-0.39, 0.29) is 47.1 Å². The Morgan fingerprint density at radius 1 is 0.870 bits per heavy atom. The molecule has 1 aromatic carbocycles. The van der Waals surface area contributed by atoms with Gasteiger partial charge in [0.2, 0.25) is 29.4 Å². The molecule has 0 bridgehead atoms. The summed E-state index contributed by atoms with van der Waals surface area (Å²) < 4.78 is 29.3. The van der Waals surface area contributed by atoms with Crippen molar-refractivity contribution in [3.05, 3.63) is 92.5 Å². The molecule has 54 heavy (non-hydrogen) atoms. The van der Waals surface area contributed by atoms with E-state index in [9.17, 15) is 19.1 Å². The highest BCUT2D eigenvalue weighted by molar-refractivity contribution is 7.15. The third-order valence-corrected chi connectivity index (χ3v) is 11.8. The fourth-order valence-electron chi connectivity index (χ4n) is 6.61. The lowest BCUT2D eigenvalue weighted by atomic mass is 9.78. The number of nitrogens with one attached hydrogen (secondary N) is 2. The van der Waals surface area contributed by atoms with E-state index in [1.807, 2.05) is 12.1 Å². The first-order valence-corrected chi connectivity index (χ1v) is 19.2. The van der Waals surface area contributed by atoms with E-state index in [1.54, 1.807) is 31.2 Å². The van der Waals surface area contributed by atoms with Crippen LogP contribution >= 0.6 is 22.7 Å². The molecule has 5 aromatic heterocycles. The van der Waals surface area contributed by atoms with Gasteiger partial charge in [0.1, 0.15) is 28.3 Å². The number of rotatable bonds is 14. The highest BCUT2D eigenvalue weighted by Gasteiger charge is 2.34. The van der Waals surface area contributed by atoms with Crippen LogP contribution < -0.4 is 10.6 Å². The van der Waals surface area contributed by atoms with Crippen molar-refractivity contribution in [1.29, 1.82) is 0 Å². The van der Waals surface area contributed by atoms with Crippen molar-refractivity contribution in [3.8, 4) is 21.8 Å². The second-order valence-electron chi connectivity index (χ2n) is 13.9. The van der Waals surface area contributed by atoms with E-state index in [0.29, 0.717) is 52.5 Å². The molecule has 18 heteroatoms. The molecular weight excluding hydrogens is 740 g/mol. The predicted octanol–water partition coefficient (Wildman–Crippen LogP) is 5.00. The molecule has 0 radical (unpaired) electrons. The number of nitrogens with zero attached hydrogens (tertiary/aromatic N) is 6. The zero-order valence-electron chi connectivity index (χ0n) is 28.9. The summed E-state index contributed by atoms with van der Waals surface area (Å²) in [4.78, 5) is 27.3. The molecule has 280 valence electrons. The van der Waals surface area contributed by atoms with Crippen molar-refractivity contribution < 1.29 is 37.7 Å². The van der Waals surface area contributed by atoms with Gasteiger partial charge < -0.3 is 34.3 Å². The van der Waals surface area contributed by atoms with Gasteiger partial charge in [-0.25, -0.2) is 4.39 Å². The zero-order valence-corrected chi connectivity index (χ0v) is 30.5. The quantitative estimate of drug-likeness (QED) is 0.125. The summed E-state index contributed by atoms with van der Waals surface area (Å²) >= 11 is 2.93. The molecule has 2 aliphatic carbocycles. The number of carbonyl (C=O) groups excluding carboxylic acids is 2. The lowest BCUT2D eigenvalue weighted by Crippen LogP contribution is -2.44. The topological polar surface area (TPSA) is 218 Å². The zero-order chi connectivity index (χ0) is 37.3. The largest absolute Gasteiger partial charge is 0.438 e. The summed E-state index contributed by atoms with van der Waals surface area (Å²) in [7, 11) is 0. The number of halogens is 1. The molecule has 6 aromatic rings. The van der Waals surface area contributed by atoms with Crippen molar-refractivity contribution in [2.24, 2.45) is 11.8 Å². The highest BCUT2D eigenvalue weighted by Crippen LogP contribution is 2.35. The van der Waals surface area contributed by atoms with Gasteiger partial charge in [-0.05, 0) is 80.8 Å². The summed E-state index contributed by atoms with van der Waals surface area (Å²) in [6, 6.07) is 12.9. The SMILES string of the molecule is C[C@@H](O)c1nnc(CC2CC(NC(=O)c3cc(-c4ccc(C[C@@H]([OH2+])c5nnc(CC6CC(NC(=O)c7cc(-c8ccc(F)cc8)no7)C6)s5)s4)no3)C2)o1. The standard InChI is InChI=1S/C36H35FN8O7S2/c1-17(46)35-42-40-31(50-35)12-18-8-22(9-18)38-34(49)29-16-26(45-52-29)30-7-6-24(53-30)14-27(47)36-43-41-32(54-36)13-19-10-23(11-19)39-33(48)28-15-25(44-51-28)20-2-4-21(37)5-3-20/h2-7,15-19,22-23,27,46-47H,8-14H2,1H3,(H,38,49)(H,39,48)/p+1/t17-,18?,19?,22?,23?,27-/m1/s1. The van der Waals surface area contributed by atoms with Crippen molar-refractivity contribution >= 4 is 34.5 Å². The van der Waals surface area contributed by atoms with Crippen LogP contribution in [0.4, 0.5) is 4.39 Å². The molecule has 0 saturated heterocycles. The molecule has 5 heterocycles. The Morgan fingerprint density at radius 2 is 1.52 bits per heavy atom. The van der Waals surface area contributed by atoms with Crippen LogP contribution in [0, 0.1) is 17.7 Å². The maximum absolute atomic E-state index is 13.2. The summed E-state index contributed by atoms with van der Waals surface area (Å²) in [5.41, 5.74) is 1.67. The number of hydrogen-bond donors (Lipinski definition) is 3. The van der Waals surface area contributed by atoms with Crippen molar-refractivity contribution in [1.82, 2.24) is 41.3 Å². The molecule has 5 N–H and O–H groups in total. The number of aliphatic hydroxyl groups excluding tert-OH is 1.